The van der Waals surface area contributed by atoms with Gasteiger partial charge < -0.3 is 14.9 Å². The molecule has 18 heavy (non-hydrogen) atoms. The second-order valence-electron chi connectivity index (χ2n) is 4.79. The third kappa shape index (κ3) is 5.02. The lowest BCUT2D eigenvalue weighted by molar-refractivity contribution is 0.291. The van der Waals surface area contributed by atoms with E-state index in [1.165, 1.54) is 0 Å². The summed E-state index contributed by atoms with van der Waals surface area (Å²) in [5.74, 6) is 0.125. The van der Waals surface area contributed by atoms with E-state index < -0.39 is 0 Å². The summed E-state index contributed by atoms with van der Waals surface area (Å²) < 4.78 is 0. The molecule has 0 aliphatic rings. The minimum atomic E-state index is 0.125. The van der Waals surface area contributed by atoms with Gasteiger partial charge in [-0.05, 0) is 52.8 Å². The zero-order chi connectivity index (χ0) is 13.7. The van der Waals surface area contributed by atoms with E-state index >= 15 is 0 Å². The molecule has 0 spiro atoms. The first-order valence-electron chi connectivity index (χ1n) is 5.90. The molecule has 0 heterocycles. The number of benzene rings is 1. The first kappa shape index (κ1) is 15.6. The van der Waals surface area contributed by atoms with Crippen molar-refractivity contribution in [3.63, 3.8) is 0 Å². The Hall–Kier alpha value is -0.480. The maximum atomic E-state index is 9.86. The number of halogens is 2. The molecule has 0 radical (unpaired) electrons. The molecule has 5 heteroatoms. The van der Waals surface area contributed by atoms with Gasteiger partial charge in [0.15, 0.2) is 0 Å². The fourth-order valence-electron chi connectivity index (χ4n) is 1.77. The Labute approximate surface area is 119 Å². The van der Waals surface area contributed by atoms with Gasteiger partial charge in [0.05, 0.1) is 5.02 Å². The van der Waals surface area contributed by atoms with Crippen LogP contribution in [0.1, 0.15) is 12.0 Å². The van der Waals surface area contributed by atoms with Crippen molar-refractivity contribution < 1.29 is 5.11 Å². The summed E-state index contributed by atoms with van der Waals surface area (Å²) >= 11 is 11.8. The number of phenols is 1. The summed E-state index contributed by atoms with van der Waals surface area (Å²) in [6.45, 7) is 2.65. The molecule has 0 aliphatic carbocycles. The largest absolute Gasteiger partial charge is 0.506 e. The van der Waals surface area contributed by atoms with E-state index in [2.05, 4.69) is 23.9 Å². The molecule has 0 aliphatic heterocycles. The van der Waals surface area contributed by atoms with Gasteiger partial charge in [0.25, 0.3) is 0 Å². The van der Waals surface area contributed by atoms with Gasteiger partial charge in [-0.3, -0.25) is 0 Å². The highest BCUT2D eigenvalue weighted by molar-refractivity contribution is 6.35. The Kier molecular flexibility index (Phi) is 6.22. The van der Waals surface area contributed by atoms with E-state index in [1.807, 2.05) is 7.05 Å². The molecular formula is C13H20Cl2N2O. The van der Waals surface area contributed by atoms with E-state index in [0.717, 1.165) is 25.1 Å². The molecule has 0 fully saturated rings. The van der Waals surface area contributed by atoms with Crippen molar-refractivity contribution in [2.45, 2.75) is 13.0 Å². The Morgan fingerprint density at radius 2 is 1.78 bits per heavy atom. The minimum absolute atomic E-state index is 0.125. The zero-order valence-corrected chi connectivity index (χ0v) is 12.6. The number of rotatable bonds is 6. The van der Waals surface area contributed by atoms with Gasteiger partial charge in [0.2, 0.25) is 0 Å². The van der Waals surface area contributed by atoms with Crippen molar-refractivity contribution in [1.29, 1.82) is 0 Å². The Bertz CT molecular complexity index is 397. The van der Waals surface area contributed by atoms with Crippen molar-refractivity contribution >= 4 is 23.2 Å². The van der Waals surface area contributed by atoms with Crippen LogP contribution in [0.2, 0.25) is 10.0 Å². The zero-order valence-electron chi connectivity index (χ0n) is 11.1. The maximum Gasteiger partial charge on any atom is 0.138 e. The van der Waals surface area contributed by atoms with Crippen LogP contribution in [-0.2, 0) is 6.54 Å². The number of aromatic hydroxyl groups is 1. The molecule has 0 amide bonds. The smallest absolute Gasteiger partial charge is 0.138 e. The predicted octanol–water partition coefficient (Wildman–Crippen LogP) is 3.08. The van der Waals surface area contributed by atoms with Gasteiger partial charge in [-0.15, -0.1) is 0 Å². The molecule has 1 N–H and O–H groups in total. The summed E-state index contributed by atoms with van der Waals surface area (Å²) in [5.41, 5.74) is 0.764. The first-order valence-corrected chi connectivity index (χ1v) is 6.66. The third-order valence-electron chi connectivity index (χ3n) is 2.69. The molecule has 1 aromatic rings. The molecule has 0 atom stereocenters. The van der Waals surface area contributed by atoms with Gasteiger partial charge in [0, 0.05) is 17.1 Å². The molecule has 0 unspecified atom stereocenters. The Morgan fingerprint density at radius 3 is 2.39 bits per heavy atom. The van der Waals surface area contributed by atoms with E-state index in [0.29, 0.717) is 16.6 Å². The van der Waals surface area contributed by atoms with Crippen LogP contribution < -0.4 is 0 Å². The van der Waals surface area contributed by atoms with Crippen molar-refractivity contribution in [3.05, 3.63) is 27.7 Å². The summed E-state index contributed by atoms with van der Waals surface area (Å²) in [4.78, 5) is 4.30. The topological polar surface area (TPSA) is 26.7 Å². The van der Waals surface area contributed by atoms with Gasteiger partial charge >= 0.3 is 0 Å². The standard InChI is InChI=1S/C13H20Cl2N2O/c1-16(2)5-4-6-17(3)9-10-7-11(14)8-12(15)13(10)18/h7-8,18H,4-6,9H2,1-3H3. The van der Waals surface area contributed by atoms with Crippen LogP contribution in [0.3, 0.4) is 0 Å². The fourth-order valence-corrected chi connectivity index (χ4v) is 2.30. The van der Waals surface area contributed by atoms with Crippen LogP contribution in [-0.4, -0.2) is 49.1 Å². The first-order chi connectivity index (χ1) is 8.40. The Balaban J connectivity index is 2.56. The maximum absolute atomic E-state index is 9.86. The van der Waals surface area contributed by atoms with Crippen molar-refractivity contribution in [2.75, 3.05) is 34.2 Å². The van der Waals surface area contributed by atoms with Crippen LogP contribution in [0.5, 0.6) is 5.75 Å². The van der Waals surface area contributed by atoms with E-state index in [1.54, 1.807) is 12.1 Å². The molecule has 3 nitrogen and oxygen atoms in total. The molecule has 102 valence electrons. The van der Waals surface area contributed by atoms with Crippen LogP contribution >= 0.6 is 23.2 Å². The van der Waals surface area contributed by atoms with Crippen molar-refractivity contribution in [2.24, 2.45) is 0 Å². The normalized spacial score (nSPS) is 11.5. The average molecular weight is 291 g/mol. The van der Waals surface area contributed by atoms with E-state index in [9.17, 15) is 5.11 Å². The molecule has 1 rings (SSSR count). The van der Waals surface area contributed by atoms with Gasteiger partial charge in [-0.2, -0.15) is 0 Å². The second kappa shape index (κ2) is 7.19. The highest BCUT2D eigenvalue weighted by Crippen LogP contribution is 2.31. The van der Waals surface area contributed by atoms with Crippen LogP contribution in [0.4, 0.5) is 0 Å². The summed E-state index contributed by atoms with van der Waals surface area (Å²) in [7, 11) is 6.13. The number of nitrogens with zero attached hydrogens (tertiary/aromatic N) is 2. The molecule has 0 saturated carbocycles. The van der Waals surface area contributed by atoms with Gasteiger partial charge in [-0.25, -0.2) is 0 Å². The van der Waals surface area contributed by atoms with E-state index in [4.69, 9.17) is 23.2 Å². The summed E-state index contributed by atoms with van der Waals surface area (Å²) in [6.07, 6.45) is 1.08. The minimum Gasteiger partial charge on any atom is -0.506 e. The number of hydrogen-bond acceptors (Lipinski definition) is 3. The second-order valence-corrected chi connectivity index (χ2v) is 5.63. The SMILES string of the molecule is CN(C)CCCN(C)Cc1cc(Cl)cc(Cl)c1O. The lowest BCUT2D eigenvalue weighted by atomic mass is 10.2. The van der Waals surface area contributed by atoms with Crippen LogP contribution in [0, 0.1) is 0 Å². The molecule has 0 aromatic heterocycles. The lowest BCUT2D eigenvalue weighted by Gasteiger charge is -2.19. The molecular weight excluding hydrogens is 271 g/mol. The van der Waals surface area contributed by atoms with Crippen LogP contribution in [0.15, 0.2) is 12.1 Å². The summed E-state index contributed by atoms with van der Waals surface area (Å²) in [6, 6.07) is 3.30. The fraction of sp³-hybridized carbons (Fsp3) is 0.538. The third-order valence-corrected chi connectivity index (χ3v) is 3.20. The highest BCUT2D eigenvalue weighted by Gasteiger charge is 2.10. The van der Waals surface area contributed by atoms with Crippen LogP contribution in [0.25, 0.3) is 0 Å². The monoisotopic (exact) mass is 290 g/mol. The highest BCUT2D eigenvalue weighted by atomic mass is 35.5. The molecule has 0 bridgehead atoms. The average Bonchev–Trinajstić information content (AvgIpc) is 2.24. The molecule has 1 aromatic carbocycles. The van der Waals surface area contributed by atoms with Crippen molar-refractivity contribution in [1.82, 2.24) is 9.80 Å². The molecule has 0 saturated heterocycles. The lowest BCUT2D eigenvalue weighted by Crippen LogP contribution is -2.23. The predicted molar refractivity (Wildman–Crippen MR) is 77.6 cm³/mol. The summed E-state index contributed by atoms with van der Waals surface area (Å²) in [5, 5.41) is 10.7. The quantitative estimate of drug-likeness (QED) is 0.872. The Morgan fingerprint density at radius 1 is 1.11 bits per heavy atom. The number of hydrogen-bond donors (Lipinski definition) is 1. The van der Waals surface area contributed by atoms with Gasteiger partial charge in [0.1, 0.15) is 5.75 Å². The van der Waals surface area contributed by atoms with E-state index in [-0.39, 0.29) is 5.75 Å². The van der Waals surface area contributed by atoms with Gasteiger partial charge in [-0.1, -0.05) is 23.2 Å². The van der Waals surface area contributed by atoms with Crippen molar-refractivity contribution in [3.8, 4) is 5.75 Å². The number of phenolic OH excluding ortho intramolecular Hbond substituents is 1.